The maximum absolute atomic E-state index is 12.2. The van der Waals surface area contributed by atoms with Crippen molar-refractivity contribution in [2.24, 2.45) is 17.8 Å². The summed E-state index contributed by atoms with van der Waals surface area (Å²) in [5, 5.41) is 1.71. The Morgan fingerprint density at radius 3 is 2.74 bits per heavy atom. The van der Waals surface area contributed by atoms with Gasteiger partial charge >= 0.3 is 4.87 Å². The van der Waals surface area contributed by atoms with Gasteiger partial charge in [-0.2, -0.15) is 0 Å². The lowest BCUT2D eigenvalue weighted by atomic mass is 9.75. The molecule has 1 aromatic heterocycles. The van der Waals surface area contributed by atoms with E-state index in [1.807, 2.05) is 36.0 Å². The van der Waals surface area contributed by atoms with Crippen LogP contribution in [-0.2, 0) is 6.61 Å². The number of hydrogen-bond acceptors (Lipinski definition) is 5. The van der Waals surface area contributed by atoms with E-state index in [-0.39, 0.29) is 10.8 Å². The number of nitrogens with one attached hydrogen (secondary N) is 1. The van der Waals surface area contributed by atoms with E-state index in [9.17, 15) is 4.79 Å². The van der Waals surface area contributed by atoms with E-state index < -0.39 is 0 Å². The van der Waals surface area contributed by atoms with Crippen molar-refractivity contribution < 1.29 is 9.47 Å². The predicted molar refractivity (Wildman–Crippen MR) is 125 cm³/mol. The van der Waals surface area contributed by atoms with Crippen LogP contribution in [0.2, 0.25) is 0 Å². The highest BCUT2D eigenvalue weighted by Crippen LogP contribution is 2.63. The van der Waals surface area contributed by atoms with Crippen LogP contribution in [0.1, 0.15) is 41.2 Å². The molecule has 6 heteroatoms. The minimum Gasteiger partial charge on any atom is -0.493 e. The van der Waals surface area contributed by atoms with E-state index in [0.717, 1.165) is 33.9 Å². The third-order valence-corrected chi connectivity index (χ3v) is 9.87. The number of H-pyrrole nitrogens is 1. The fourth-order valence-corrected chi connectivity index (χ4v) is 8.85. The first-order valence-electron chi connectivity index (χ1n) is 11.0. The molecule has 6 rings (SSSR count). The van der Waals surface area contributed by atoms with Crippen LogP contribution < -0.4 is 14.3 Å². The second-order valence-corrected chi connectivity index (χ2v) is 11.1. The summed E-state index contributed by atoms with van der Waals surface area (Å²) in [4.78, 5) is 16.6. The average Bonchev–Trinajstić information content (AvgIpc) is 3.51. The number of thiazole rings is 1. The molecule has 31 heavy (non-hydrogen) atoms. The largest absolute Gasteiger partial charge is 0.493 e. The standard InChI is InChI=1S/C25H25NO3S2/c1-28-19-12-16(9-10-18(19)29-13-14-5-3-2-4-6-14)21-20-15-7-8-17(11-15)22(20)30-24-23(21)31-25(27)26-24/h2-6,9-10,12,15,17,20-22H,7-8,11,13H2,1H3,(H,26,27)/t15-,17-,20-,21-,22+/m0/s1. The molecule has 2 fully saturated rings. The summed E-state index contributed by atoms with van der Waals surface area (Å²) in [5.74, 6) is 3.93. The van der Waals surface area contributed by atoms with Crippen molar-refractivity contribution in [3.05, 3.63) is 74.2 Å². The Bertz CT molecular complexity index is 1160. The molecule has 4 nitrogen and oxygen atoms in total. The first-order chi connectivity index (χ1) is 15.2. The van der Waals surface area contributed by atoms with Gasteiger partial charge in [-0.05, 0) is 60.3 Å². The molecule has 2 aromatic carbocycles. The van der Waals surface area contributed by atoms with E-state index >= 15 is 0 Å². The Morgan fingerprint density at radius 2 is 1.90 bits per heavy atom. The molecule has 1 aliphatic heterocycles. The van der Waals surface area contributed by atoms with Gasteiger partial charge in [0.1, 0.15) is 6.61 Å². The van der Waals surface area contributed by atoms with Gasteiger partial charge < -0.3 is 14.5 Å². The number of rotatable bonds is 5. The van der Waals surface area contributed by atoms with Crippen LogP contribution in [0.4, 0.5) is 0 Å². The normalized spacial score (nSPS) is 28.2. The molecule has 2 saturated carbocycles. The lowest BCUT2D eigenvalue weighted by Gasteiger charge is -2.40. The maximum Gasteiger partial charge on any atom is 0.305 e. The van der Waals surface area contributed by atoms with Gasteiger partial charge in [0.25, 0.3) is 0 Å². The lowest BCUT2D eigenvalue weighted by Crippen LogP contribution is -2.33. The van der Waals surface area contributed by atoms with Crippen molar-refractivity contribution >= 4 is 23.1 Å². The van der Waals surface area contributed by atoms with Gasteiger partial charge in [0.2, 0.25) is 0 Å². The summed E-state index contributed by atoms with van der Waals surface area (Å²) < 4.78 is 11.8. The van der Waals surface area contributed by atoms with Gasteiger partial charge in [-0.3, -0.25) is 4.79 Å². The number of fused-ring (bicyclic) bond motifs is 6. The zero-order valence-electron chi connectivity index (χ0n) is 17.4. The number of methoxy groups -OCH3 is 1. The minimum absolute atomic E-state index is 0.0598. The van der Waals surface area contributed by atoms with Gasteiger partial charge in [-0.1, -0.05) is 47.7 Å². The van der Waals surface area contributed by atoms with Crippen molar-refractivity contribution in [1.29, 1.82) is 0 Å². The zero-order chi connectivity index (χ0) is 20.9. The molecule has 1 N–H and O–H groups in total. The van der Waals surface area contributed by atoms with E-state index in [2.05, 4.69) is 29.2 Å². The second-order valence-electron chi connectivity index (χ2n) is 8.86. The lowest BCUT2D eigenvalue weighted by molar-refractivity contribution is 0.282. The molecule has 5 atom stereocenters. The van der Waals surface area contributed by atoms with Gasteiger partial charge in [-0.25, -0.2) is 0 Å². The molecule has 0 radical (unpaired) electrons. The van der Waals surface area contributed by atoms with E-state index in [1.54, 1.807) is 7.11 Å². The van der Waals surface area contributed by atoms with Crippen LogP contribution >= 0.6 is 23.1 Å². The van der Waals surface area contributed by atoms with Gasteiger partial charge in [0.05, 0.1) is 12.1 Å². The topological polar surface area (TPSA) is 51.3 Å². The SMILES string of the molecule is COc1cc([C@@H]2c3sc(=O)[nH]c3S[C@@H]3[C@H]4CC[C@@H](C4)[C@@H]23)ccc1OCc1ccccc1. The number of aromatic nitrogens is 1. The van der Waals surface area contributed by atoms with E-state index in [4.69, 9.17) is 9.47 Å². The molecular weight excluding hydrogens is 426 g/mol. The maximum atomic E-state index is 12.2. The molecule has 0 spiro atoms. The number of ether oxygens (including phenoxy) is 2. The summed E-state index contributed by atoms with van der Waals surface area (Å²) >= 11 is 3.32. The fourth-order valence-electron chi connectivity index (χ4n) is 5.95. The highest BCUT2D eigenvalue weighted by atomic mass is 32.2. The summed E-state index contributed by atoms with van der Waals surface area (Å²) in [6, 6.07) is 16.5. The van der Waals surface area contributed by atoms with Gasteiger partial charge in [-0.15, -0.1) is 11.8 Å². The van der Waals surface area contributed by atoms with Gasteiger partial charge in [0, 0.05) is 16.0 Å². The molecule has 2 aliphatic carbocycles. The number of thioether (sulfide) groups is 1. The highest BCUT2D eigenvalue weighted by Gasteiger charge is 2.54. The number of hydrogen-bond donors (Lipinski definition) is 1. The molecule has 0 unspecified atom stereocenters. The highest BCUT2D eigenvalue weighted by molar-refractivity contribution is 8.00. The Kier molecular flexibility index (Phi) is 4.87. The summed E-state index contributed by atoms with van der Waals surface area (Å²) in [7, 11) is 1.70. The van der Waals surface area contributed by atoms with E-state index in [0.29, 0.717) is 17.8 Å². The molecule has 2 heterocycles. The van der Waals surface area contributed by atoms with Crippen molar-refractivity contribution in [2.75, 3.05) is 7.11 Å². The monoisotopic (exact) mass is 451 g/mol. The second kappa shape index (κ2) is 7.75. The molecular formula is C25H25NO3S2. The number of aromatic amines is 1. The Balaban J connectivity index is 1.35. The molecule has 0 saturated heterocycles. The molecule has 3 aliphatic rings. The first kappa shape index (κ1) is 19.5. The number of benzene rings is 2. The Labute approximate surface area is 190 Å². The predicted octanol–water partition coefficient (Wildman–Crippen LogP) is 5.68. The summed E-state index contributed by atoms with van der Waals surface area (Å²) in [6.07, 6.45) is 4.01. The zero-order valence-corrected chi connectivity index (χ0v) is 19.0. The van der Waals surface area contributed by atoms with Crippen LogP contribution in [-0.4, -0.2) is 17.3 Å². The smallest absolute Gasteiger partial charge is 0.305 e. The van der Waals surface area contributed by atoms with E-state index in [1.165, 1.54) is 41.0 Å². The van der Waals surface area contributed by atoms with Crippen molar-refractivity contribution in [1.82, 2.24) is 4.98 Å². The molecule has 2 bridgehead atoms. The first-order valence-corrected chi connectivity index (χ1v) is 12.6. The van der Waals surface area contributed by atoms with Crippen LogP contribution in [0.3, 0.4) is 0 Å². The summed E-state index contributed by atoms with van der Waals surface area (Å²) in [5.41, 5.74) is 2.37. The van der Waals surface area contributed by atoms with Crippen molar-refractivity contribution in [3.8, 4) is 11.5 Å². The average molecular weight is 452 g/mol. The van der Waals surface area contributed by atoms with Crippen LogP contribution in [0.5, 0.6) is 11.5 Å². The van der Waals surface area contributed by atoms with Crippen molar-refractivity contribution in [3.63, 3.8) is 0 Å². The Hall–Kier alpha value is -2.18. The van der Waals surface area contributed by atoms with Crippen molar-refractivity contribution in [2.45, 2.75) is 42.1 Å². The third-order valence-electron chi connectivity index (χ3n) is 7.25. The molecule has 0 amide bonds. The summed E-state index contributed by atoms with van der Waals surface area (Å²) in [6.45, 7) is 0.509. The quantitative estimate of drug-likeness (QED) is 0.543. The minimum atomic E-state index is 0.0598. The van der Waals surface area contributed by atoms with Crippen LogP contribution in [0.15, 0.2) is 58.4 Å². The molecule has 160 valence electrons. The van der Waals surface area contributed by atoms with Gasteiger partial charge in [0.15, 0.2) is 11.5 Å². The Morgan fingerprint density at radius 1 is 1.06 bits per heavy atom. The molecule has 3 aromatic rings. The van der Waals surface area contributed by atoms with Crippen LogP contribution in [0, 0.1) is 17.8 Å². The third kappa shape index (κ3) is 3.31. The fraction of sp³-hybridized carbons (Fsp3) is 0.400. The van der Waals surface area contributed by atoms with Crippen LogP contribution in [0.25, 0.3) is 0 Å².